The normalized spacial score (nSPS) is 19.6. The van der Waals surface area contributed by atoms with E-state index in [-0.39, 0.29) is 0 Å². The fourth-order valence-electron chi connectivity index (χ4n) is 2.74. The summed E-state index contributed by atoms with van der Waals surface area (Å²) in [6.45, 7) is 6.97. The molecular weight excluding hydrogens is 252 g/mol. The zero-order valence-corrected chi connectivity index (χ0v) is 12.8. The smallest absolute Gasteiger partial charge is 0.173 e. The van der Waals surface area contributed by atoms with Gasteiger partial charge in [-0.1, -0.05) is 0 Å². The molecule has 0 saturated carbocycles. The van der Waals surface area contributed by atoms with E-state index in [1.165, 1.54) is 24.9 Å². The zero-order valence-electron chi connectivity index (χ0n) is 12.8. The first-order chi connectivity index (χ1) is 9.81. The van der Waals surface area contributed by atoms with E-state index in [1.807, 2.05) is 6.92 Å². The largest absolute Gasteiger partial charge is 0.379 e. The summed E-state index contributed by atoms with van der Waals surface area (Å²) in [6, 6.07) is 4.96. The van der Waals surface area contributed by atoms with Gasteiger partial charge in [0.1, 0.15) is 6.61 Å². The summed E-state index contributed by atoms with van der Waals surface area (Å²) >= 11 is 0. The van der Waals surface area contributed by atoms with Crippen LogP contribution in [-0.4, -0.2) is 44.9 Å². The second-order valence-corrected chi connectivity index (χ2v) is 5.32. The lowest BCUT2D eigenvalue weighted by Crippen LogP contribution is -2.36. The third-order valence-electron chi connectivity index (χ3n) is 3.86. The maximum absolute atomic E-state index is 5.57. The molecule has 1 aromatic heterocycles. The lowest BCUT2D eigenvalue weighted by atomic mass is 10.1. The molecule has 1 aliphatic rings. The molecule has 1 atom stereocenters. The highest BCUT2D eigenvalue weighted by Crippen LogP contribution is 2.29. The van der Waals surface area contributed by atoms with Gasteiger partial charge in [0.2, 0.25) is 0 Å². The Hall–Kier alpha value is -0.970. The first-order valence-electron chi connectivity index (χ1n) is 7.66. The quantitative estimate of drug-likeness (QED) is 0.536. The standard InChI is InChI=1S/C16H27N2O2/c1-3-19-12-13-20-11-10-18-9-4-6-15(14-18)16-7-5-8-17(16)2/h4,6,9,14,16H,3,5,7-8,10-13H2,1-2H3/q+1/t16-/m0/s1. The molecule has 4 nitrogen and oxygen atoms in total. The van der Waals surface area contributed by atoms with Crippen molar-refractivity contribution in [2.75, 3.05) is 40.0 Å². The van der Waals surface area contributed by atoms with Gasteiger partial charge >= 0.3 is 0 Å². The zero-order chi connectivity index (χ0) is 14.2. The third kappa shape index (κ3) is 4.54. The molecule has 0 bridgehead atoms. The van der Waals surface area contributed by atoms with Gasteiger partial charge in [-0.2, -0.15) is 0 Å². The van der Waals surface area contributed by atoms with Gasteiger partial charge in [-0.3, -0.25) is 4.90 Å². The minimum absolute atomic E-state index is 0.585. The second-order valence-electron chi connectivity index (χ2n) is 5.32. The van der Waals surface area contributed by atoms with Crippen LogP contribution in [0.4, 0.5) is 0 Å². The van der Waals surface area contributed by atoms with Gasteiger partial charge in [-0.25, -0.2) is 4.57 Å². The molecule has 0 spiro atoms. The lowest BCUT2D eigenvalue weighted by molar-refractivity contribution is -0.699. The van der Waals surface area contributed by atoms with Crippen molar-refractivity contribution < 1.29 is 14.0 Å². The predicted molar refractivity (Wildman–Crippen MR) is 78.6 cm³/mol. The molecule has 0 unspecified atom stereocenters. The molecule has 1 saturated heterocycles. The molecule has 4 heteroatoms. The summed E-state index contributed by atoms with van der Waals surface area (Å²) in [5, 5.41) is 0. The van der Waals surface area contributed by atoms with Crippen LogP contribution in [0, 0.1) is 0 Å². The topological polar surface area (TPSA) is 25.6 Å². The summed E-state index contributed by atoms with van der Waals surface area (Å²) < 4.78 is 13.0. The van der Waals surface area contributed by atoms with Crippen LogP contribution in [0.3, 0.4) is 0 Å². The molecule has 0 radical (unpaired) electrons. The van der Waals surface area contributed by atoms with E-state index >= 15 is 0 Å². The van der Waals surface area contributed by atoms with E-state index in [4.69, 9.17) is 9.47 Å². The van der Waals surface area contributed by atoms with E-state index in [1.54, 1.807) is 0 Å². The van der Waals surface area contributed by atoms with Crippen molar-refractivity contribution in [2.24, 2.45) is 0 Å². The van der Waals surface area contributed by atoms with E-state index in [2.05, 4.69) is 41.0 Å². The molecule has 1 aliphatic heterocycles. The van der Waals surface area contributed by atoms with Crippen LogP contribution in [0.5, 0.6) is 0 Å². The highest BCUT2D eigenvalue weighted by molar-refractivity contribution is 5.12. The fourth-order valence-corrected chi connectivity index (χ4v) is 2.74. The number of pyridine rings is 1. The van der Waals surface area contributed by atoms with Crippen LogP contribution >= 0.6 is 0 Å². The Morgan fingerprint density at radius 1 is 1.30 bits per heavy atom. The number of hydrogen-bond donors (Lipinski definition) is 0. The number of nitrogens with zero attached hydrogens (tertiary/aromatic N) is 2. The summed E-state index contributed by atoms with van der Waals surface area (Å²) in [6.07, 6.45) is 6.95. The molecule has 0 N–H and O–H groups in total. The summed E-state index contributed by atoms with van der Waals surface area (Å²) in [5.41, 5.74) is 1.42. The number of aromatic nitrogens is 1. The summed E-state index contributed by atoms with van der Waals surface area (Å²) in [4.78, 5) is 2.44. The maximum atomic E-state index is 5.57. The lowest BCUT2D eigenvalue weighted by Gasteiger charge is -2.18. The monoisotopic (exact) mass is 279 g/mol. The molecule has 1 fully saturated rings. The minimum Gasteiger partial charge on any atom is -0.379 e. The van der Waals surface area contributed by atoms with E-state index in [0.29, 0.717) is 19.3 Å². The molecule has 112 valence electrons. The van der Waals surface area contributed by atoms with Gasteiger partial charge < -0.3 is 9.47 Å². The fraction of sp³-hybridized carbons (Fsp3) is 0.688. The highest BCUT2D eigenvalue weighted by atomic mass is 16.5. The number of rotatable bonds is 8. The Kier molecular flexibility index (Phi) is 6.43. The van der Waals surface area contributed by atoms with Crippen LogP contribution in [0.15, 0.2) is 24.5 Å². The highest BCUT2D eigenvalue weighted by Gasteiger charge is 2.24. The average Bonchev–Trinajstić information content (AvgIpc) is 2.89. The Bertz CT molecular complexity index is 398. The van der Waals surface area contributed by atoms with Crippen molar-refractivity contribution in [1.82, 2.24) is 4.90 Å². The number of hydrogen-bond acceptors (Lipinski definition) is 3. The van der Waals surface area contributed by atoms with Crippen molar-refractivity contribution in [1.29, 1.82) is 0 Å². The van der Waals surface area contributed by atoms with Gasteiger partial charge in [-0.15, -0.1) is 0 Å². The Balaban J connectivity index is 1.78. The van der Waals surface area contributed by atoms with Crippen LogP contribution in [-0.2, 0) is 16.0 Å². The Morgan fingerprint density at radius 3 is 2.90 bits per heavy atom. The van der Waals surface area contributed by atoms with Gasteiger partial charge in [0.25, 0.3) is 0 Å². The Morgan fingerprint density at radius 2 is 2.15 bits per heavy atom. The molecule has 0 aromatic carbocycles. The molecule has 1 aromatic rings. The van der Waals surface area contributed by atoms with Crippen molar-refractivity contribution in [2.45, 2.75) is 32.4 Å². The first kappa shape index (κ1) is 15.4. The summed E-state index contributed by atoms with van der Waals surface area (Å²) in [5.74, 6) is 0. The molecule has 2 heterocycles. The molecule has 0 aliphatic carbocycles. The molecule has 2 rings (SSSR count). The van der Waals surface area contributed by atoms with Crippen molar-refractivity contribution in [3.8, 4) is 0 Å². The Labute approximate surface area is 122 Å². The van der Waals surface area contributed by atoms with E-state index in [0.717, 1.165) is 19.8 Å². The van der Waals surface area contributed by atoms with Gasteiger partial charge in [-0.05, 0) is 39.4 Å². The molecule has 0 amide bonds. The van der Waals surface area contributed by atoms with Gasteiger partial charge in [0.05, 0.1) is 13.2 Å². The molecular formula is C16H27N2O2+. The summed E-state index contributed by atoms with van der Waals surface area (Å²) in [7, 11) is 2.21. The van der Waals surface area contributed by atoms with Crippen LogP contribution in [0.1, 0.15) is 31.4 Å². The van der Waals surface area contributed by atoms with E-state index in [9.17, 15) is 0 Å². The number of ether oxygens (including phenoxy) is 2. The van der Waals surface area contributed by atoms with Crippen molar-refractivity contribution in [3.05, 3.63) is 30.1 Å². The van der Waals surface area contributed by atoms with E-state index < -0.39 is 0 Å². The first-order valence-corrected chi connectivity index (χ1v) is 7.66. The van der Waals surface area contributed by atoms with Gasteiger partial charge in [0, 0.05) is 24.3 Å². The maximum Gasteiger partial charge on any atom is 0.173 e. The van der Waals surface area contributed by atoms with Crippen LogP contribution in [0.2, 0.25) is 0 Å². The molecule has 20 heavy (non-hydrogen) atoms. The average molecular weight is 279 g/mol. The van der Waals surface area contributed by atoms with Gasteiger partial charge in [0.15, 0.2) is 18.9 Å². The van der Waals surface area contributed by atoms with Crippen molar-refractivity contribution in [3.63, 3.8) is 0 Å². The minimum atomic E-state index is 0.585. The van der Waals surface area contributed by atoms with Crippen molar-refractivity contribution >= 4 is 0 Å². The third-order valence-corrected chi connectivity index (χ3v) is 3.86. The van der Waals surface area contributed by atoms with Crippen LogP contribution < -0.4 is 4.57 Å². The predicted octanol–water partition coefficient (Wildman–Crippen LogP) is 1.79. The number of likely N-dealkylation sites (tertiary alicyclic amines) is 1. The SMILES string of the molecule is CCOCCOCC[n+]1cccc([C@@H]2CCCN2C)c1. The second kappa shape index (κ2) is 8.35. The van der Waals surface area contributed by atoms with Crippen LogP contribution in [0.25, 0.3) is 0 Å².